The second-order valence-electron chi connectivity index (χ2n) is 7.97. The molecule has 2 aliphatic heterocycles. The van der Waals surface area contributed by atoms with E-state index in [1.807, 2.05) is 45.0 Å². The van der Waals surface area contributed by atoms with Gasteiger partial charge in [-0.1, -0.05) is 31.2 Å². The number of nitrogens with zero attached hydrogens (tertiary/aromatic N) is 1. The van der Waals surface area contributed by atoms with E-state index < -0.39 is 22.8 Å². The Hall–Kier alpha value is -1.73. The fourth-order valence-electron chi connectivity index (χ4n) is 3.75. The molecule has 2 saturated heterocycles. The van der Waals surface area contributed by atoms with Gasteiger partial charge < -0.3 is 15.3 Å². The second-order valence-corrected chi connectivity index (χ2v) is 10.0. The summed E-state index contributed by atoms with van der Waals surface area (Å²) in [6.07, 6.45) is 1.42. The lowest BCUT2D eigenvalue weighted by molar-refractivity contribution is -0.161. The molecule has 0 bridgehead atoms. The zero-order valence-corrected chi connectivity index (χ0v) is 17.7. The number of aryl methyl sites for hydroxylation is 1. The van der Waals surface area contributed by atoms with E-state index in [0.717, 1.165) is 17.5 Å². The number of carboxylic acid groups (broad SMARTS) is 1. The third-order valence-electron chi connectivity index (χ3n) is 5.46. The smallest absolute Gasteiger partial charge is 0.327 e. The first kappa shape index (κ1) is 21.0. The summed E-state index contributed by atoms with van der Waals surface area (Å²) >= 11 is 7.22. The first-order chi connectivity index (χ1) is 13.2. The van der Waals surface area contributed by atoms with Crippen LogP contribution in [0.3, 0.4) is 0 Å². The predicted molar refractivity (Wildman–Crippen MR) is 109 cm³/mol. The number of fused-ring (bicyclic) bond motifs is 1. The van der Waals surface area contributed by atoms with Gasteiger partial charge in [0, 0.05) is 16.5 Å². The lowest BCUT2D eigenvalue weighted by Gasteiger charge is -2.43. The Morgan fingerprint density at radius 3 is 2.46 bits per heavy atom. The van der Waals surface area contributed by atoms with Gasteiger partial charge in [0.15, 0.2) is 0 Å². The Morgan fingerprint density at radius 1 is 1.29 bits per heavy atom. The van der Waals surface area contributed by atoms with E-state index in [9.17, 15) is 19.5 Å². The molecule has 1 aromatic carbocycles. The maximum atomic E-state index is 12.6. The summed E-state index contributed by atoms with van der Waals surface area (Å²) in [4.78, 5) is 38.0. The van der Waals surface area contributed by atoms with Crippen LogP contribution in [0.15, 0.2) is 24.3 Å². The van der Waals surface area contributed by atoms with Gasteiger partial charge in [0.2, 0.25) is 11.8 Å². The van der Waals surface area contributed by atoms with Gasteiger partial charge in [0.05, 0.1) is 0 Å². The number of aliphatic carboxylic acids is 1. The van der Waals surface area contributed by atoms with Crippen molar-refractivity contribution in [1.29, 1.82) is 0 Å². The lowest BCUT2D eigenvalue weighted by atomic mass is 9.95. The van der Waals surface area contributed by atoms with Crippen LogP contribution in [-0.4, -0.2) is 50.0 Å². The van der Waals surface area contributed by atoms with E-state index in [2.05, 4.69) is 5.32 Å². The van der Waals surface area contributed by atoms with Crippen molar-refractivity contribution in [3.63, 3.8) is 0 Å². The van der Waals surface area contributed by atoms with Gasteiger partial charge in [-0.05, 0) is 37.8 Å². The molecule has 6 nitrogen and oxygen atoms in total. The van der Waals surface area contributed by atoms with Crippen LogP contribution in [0.5, 0.6) is 0 Å². The van der Waals surface area contributed by atoms with Crippen molar-refractivity contribution in [3.05, 3.63) is 35.4 Å². The zero-order valence-electron chi connectivity index (χ0n) is 16.1. The van der Waals surface area contributed by atoms with E-state index in [1.54, 1.807) is 0 Å². The number of carbonyl (C=O) groups excluding carboxylic acids is 2. The molecule has 2 aliphatic rings. The van der Waals surface area contributed by atoms with Crippen LogP contribution in [0, 0.1) is 5.92 Å². The van der Waals surface area contributed by atoms with Gasteiger partial charge in [-0.15, -0.1) is 23.4 Å². The lowest BCUT2D eigenvalue weighted by Crippen LogP contribution is -2.70. The number of amides is 2. The molecule has 152 valence electrons. The van der Waals surface area contributed by atoms with E-state index in [0.29, 0.717) is 12.3 Å². The molecule has 2 amide bonds. The third-order valence-corrected chi connectivity index (χ3v) is 7.34. The van der Waals surface area contributed by atoms with Crippen LogP contribution in [0.1, 0.15) is 38.3 Å². The molecule has 0 radical (unpaired) electrons. The molecule has 2 N–H and O–H groups in total. The van der Waals surface area contributed by atoms with Crippen LogP contribution in [0.2, 0.25) is 0 Å². The Bertz CT molecular complexity index is 783. The summed E-state index contributed by atoms with van der Waals surface area (Å²) in [5.41, 5.74) is 2.19. The van der Waals surface area contributed by atoms with Crippen molar-refractivity contribution in [3.8, 4) is 0 Å². The largest absolute Gasteiger partial charge is 0.480 e. The number of rotatable bonds is 7. The molecule has 28 heavy (non-hydrogen) atoms. The van der Waals surface area contributed by atoms with Crippen LogP contribution in [-0.2, 0) is 26.7 Å². The number of β-lactam (4-membered cyclic amide) rings is 1. The standard InChI is InChI=1S/C20H25ClN2O4S/c1-11(4-5-12-6-8-13(10-21)9-7-12)16(24)22-14-17(25)23-15(19(26)27)20(2,3)28-18(14)23/h6-9,11,14-15,18H,4-5,10H2,1-3H3,(H,22,24)(H,26,27). The highest BCUT2D eigenvalue weighted by Gasteiger charge is 2.64. The van der Waals surface area contributed by atoms with Crippen molar-refractivity contribution in [2.24, 2.45) is 5.92 Å². The number of hydrogen-bond donors (Lipinski definition) is 2. The molecule has 2 heterocycles. The number of nitrogens with one attached hydrogen (secondary N) is 1. The molecule has 3 rings (SSSR count). The summed E-state index contributed by atoms with van der Waals surface area (Å²) < 4.78 is -0.591. The monoisotopic (exact) mass is 424 g/mol. The topological polar surface area (TPSA) is 86.7 Å². The molecule has 4 unspecified atom stereocenters. The van der Waals surface area contributed by atoms with Crippen molar-refractivity contribution in [2.75, 3.05) is 0 Å². The minimum atomic E-state index is -1.01. The molecular weight excluding hydrogens is 400 g/mol. The third kappa shape index (κ3) is 3.87. The molecule has 0 saturated carbocycles. The first-order valence-electron chi connectivity index (χ1n) is 9.32. The minimum absolute atomic E-state index is 0.174. The van der Waals surface area contributed by atoms with Gasteiger partial charge in [-0.3, -0.25) is 9.59 Å². The highest BCUT2D eigenvalue weighted by Crippen LogP contribution is 2.50. The Balaban J connectivity index is 1.55. The fourth-order valence-corrected chi connectivity index (χ4v) is 5.55. The maximum Gasteiger partial charge on any atom is 0.327 e. The molecule has 2 fully saturated rings. The van der Waals surface area contributed by atoms with Crippen molar-refractivity contribution < 1.29 is 19.5 Å². The predicted octanol–water partition coefficient (Wildman–Crippen LogP) is 2.63. The number of thioether (sulfide) groups is 1. The van der Waals surface area contributed by atoms with E-state index >= 15 is 0 Å². The summed E-state index contributed by atoms with van der Waals surface area (Å²) in [5, 5.41) is 12.0. The molecule has 0 aliphatic carbocycles. The summed E-state index contributed by atoms with van der Waals surface area (Å²) in [7, 11) is 0. The Kier molecular flexibility index (Phi) is 5.96. The molecule has 4 atom stereocenters. The molecule has 1 aromatic rings. The summed E-state index contributed by atoms with van der Waals surface area (Å²) in [6, 6.07) is 6.47. The first-order valence-corrected chi connectivity index (χ1v) is 10.7. The van der Waals surface area contributed by atoms with E-state index in [-0.39, 0.29) is 23.1 Å². The molecule has 0 spiro atoms. The number of halogens is 1. The second kappa shape index (κ2) is 7.95. The highest BCUT2D eigenvalue weighted by molar-refractivity contribution is 8.01. The molecule has 8 heteroatoms. The summed E-state index contributed by atoms with van der Waals surface area (Å²) in [6.45, 7) is 5.48. The summed E-state index contributed by atoms with van der Waals surface area (Å²) in [5.74, 6) is -1.26. The number of hydrogen-bond acceptors (Lipinski definition) is 4. The molecule has 0 aromatic heterocycles. The van der Waals surface area contributed by atoms with Crippen LogP contribution in [0.4, 0.5) is 0 Å². The maximum absolute atomic E-state index is 12.6. The SMILES string of the molecule is CC(CCc1ccc(CCl)cc1)C(=O)NC1C(=O)N2C1SC(C)(C)C2C(=O)O. The highest BCUT2D eigenvalue weighted by atomic mass is 35.5. The van der Waals surface area contributed by atoms with Gasteiger partial charge in [0.25, 0.3) is 0 Å². The number of benzene rings is 1. The van der Waals surface area contributed by atoms with E-state index in [1.165, 1.54) is 16.7 Å². The van der Waals surface area contributed by atoms with Gasteiger partial charge >= 0.3 is 5.97 Å². The Labute approximate surface area is 174 Å². The van der Waals surface area contributed by atoms with Gasteiger partial charge in [0.1, 0.15) is 17.5 Å². The normalized spacial score (nSPS) is 26.4. The average molecular weight is 425 g/mol. The van der Waals surface area contributed by atoms with E-state index in [4.69, 9.17) is 11.6 Å². The number of carbonyl (C=O) groups is 3. The fraction of sp³-hybridized carbons (Fsp3) is 0.550. The van der Waals surface area contributed by atoms with Crippen molar-refractivity contribution >= 4 is 41.1 Å². The zero-order chi connectivity index (χ0) is 20.6. The van der Waals surface area contributed by atoms with Crippen molar-refractivity contribution in [1.82, 2.24) is 10.2 Å². The quantitative estimate of drug-likeness (QED) is 0.519. The molecular formula is C20H25ClN2O4S. The number of alkyl halides is 1. The number of carboxylic acids is 1. The van der Waals surface area contributed by atoms with Crippen LogP contribution < -0.4 is 5.32 Å². The Morgan fingerprint density at radius 2 is 1.89 bits per heavy atom. The van der Waals surface area contributed by atoms with Crippen LogP contribution in [0.25, 0.3) is 0 Å². The van der Waals surface area contributed by atoms with Crippen molar-refractivity contribution in [2.45, 2.75) is 61.7 Å². The van der Waals surface area contributed by atoms with Gasteiger partial charge in [-0.25, -0.2) is 4.79 Å². The average Bonchev–Trinajstić information content (AvgIpc) is 2.92. The van der Waals surface area contributed by atoms with Crippen LogP contribution >= 0.6 is 23.4 Å². The van der Waals surface area contributed by atoms with Gasteiger partial charge in [-0.2, -0.15) is 0 Å². The minimum Gasteiger partial charge on any atom is -0.480 e.